The molecule has 0 unspecified atom stereocenters. The number of thioether (sulfide) groups is 1. The van der Waals surface area contributed by atoms with Crippen LogP contribution in [0.3, 0.4) is 0 Å². The molecule has 0 spiro atoms. The highest BCUT2D eigenvalue weighted by Crippen LogP contribution is 2.23. The third-order valence-corrected chi connectivity index (χ3v) is 5.80. The summed E-state index contributed by atoms with van der Waals surface area (Å²) in [5, 5.41) is 8.89. The molecule has 2 N–H and O–H groups in total. The molecule has 2 aromatic rings. The molecule has 7 nitrogen and oxygen atoms in total. The van der Waals surface area contributed by atoms with E-state index in [1.807, 2.05) is 25.7 Å². The van der Waals surface area contributed by atoms with Gasteiger partial charge in [0.15, 0.2) is 5.82 Å². The number of aryl methyl sites for hydroxylation is 1. The van der Waals surface area contributed by atoms with E-state index in [0.29, 0.717) is 16.7 Å². The van der Waals surface area contributed by atoms with Crippen LogP contribution in [0.5, 0.6) is 0 Å². The topological polar surface area (TPSA) is 80.3 Å². The van der Waals surface area contributed by atoms with Crippen molar-refractivity contribution in [3.8, 4) is 0 Å². The highest BCUT2D eigenvalue weighted by molar-refractivity contribution is 7.99. The summed E-state index contributed by atoms with van der Waals surface area (Å²) in [5.41, 5.74) is 2.43. The molecule has 1 fully saturated rings. The van der Waals surface area contributed by atoms with Crippen LogP contribution in [0.1, 0.15) is 37.7 Å². The van der Waals surface area contributed by atoms with Gasteiger partial charge in [0.05, 0.1) is 5.75 Å². The van der Waals surface area contributed by atoms with Crippen LogP contribution in [0.15, 0.2) is 29.4 Å². The van der Waals surface area contributed by atoms with Crippen LogP contribution in [0.2, 0.25) is 0 Å². The van der Waals surface area contributed by atoms with Gasteiger partial charge in [-0.2, -0.15) is 0 Å². The third kappa shape index (κ3) is 5.05. The number of hydrogen-bond acceptors (Lipinski definition) is 6. The third-order valence-electron chi connectivity index (χ3n) is 4.87. The van der Waals surface area contributed by atoms with E-state index in [1.165, 1.54) is 27.6 Å². The Hall–Kier alpha value is -2.06. The average Bonchev–Trinajstić information content (AvgIpc) is 3.01. The van der Waals surface area contributed by atoms with Crippen molar-refractivity contribution in [1.82, 2.24) is 24.7 Å². The van der Waals surface area contributed by atoms with Gasteiger partial charge >= 0.3 is 0 Å². The molecule has 1 amide bonds. The van der Waals surface area contributed by atoms with Gasteiger partial charge in [0.2, 0.25) is 11.1 Å². The molecule has 152 valence electrons. The molecular formula is C20H30N6OS. The standard InChI is InChI=1S/C20H30N6OS/c1-15-6-5-7-16(12-15)13-24-8-10-25(11-9-24)17(27)14-28-19-23-22-18(26(19)21)20(2,3)4/h5-7,12H,8-11,13-14,21H2,1-4H3. The highest BCUT2D eigenvalue weighted by atomic mass is 32.2. The van der Waals surface area contributed by atoms with Gasteiger partial charge in [-0.3, -0.25) is 9.69 Å². The predicted octanol–water partition coefficient (Wildman–Crippen LogP) is 2.03. The van der Waals surface area contributed by atoms with E-state index in [2.05, 4.69) is 46.3 Å². The Morgan fingerprint density at radius 3 is 2.50 bits per heavy atom. The maximum absolute atomic E-state index is 12.6. The summed E-state index contributed by atoms with van der Waals surface area (Å²) in [7, 11) is 0. The normalized spacial score (nSPS) is 15.8. The van der Waals surface area contributed by atoms with Crippen molar-refractivity contribution >= 4 is 17.7 Å². The fourth-order valence-corrected chi connectivity index (χ4v) is 4.09. The number of hydrogen-bond donors (Lipinski definition) is 1. The number of nitrogens with zero attached hydrogens (tertiary/aromatic N) is 5. The van der Waals surface area contributed by atoms with Crippen LogP contribution in [0.25, 0.3) is 0 Å². The van der Waals surface area contributed by atoms with E-state index in [4.69, 9.17) is 5.84 Å². The molecule has 0 radical (unpaired) electrons. The first-order valence-electron chi connectivity index (χ1n) is 9.63. The number of rotatable bonds is 5. The lowest BCUT2D eigenvalue weighted by Crippen LogP contribution is -2.48. The number of nitrogens with two attached hydrogens (primary N) is 1. The van der Waals surface area contributed by atoms with Crippen LogP contribution in [0.4, 0.5) is 0 Å². The molecule has 8 heteroatoms. The Balaban J connectivity index is 1.47. The molecule has 1 aromatic heterocycles. The van der Waals surface area contributed by atoms with Crippen LogP contribution in [-0.2, 0) is 16.8 Å². The Morgan fingerprint density at radius 1 is 1.18 bits per heavy atom. The fourth-order valence-electron chi connectivity index (χ4n) is 3.33. The van der Waals surface area contributed by atoms with E-state index >= 15 is 0 Å². The Morgan fingerprint density at radius 2 is 1.89 bits per heavy atom. The summed E-state index contributed by atoms with van der Waals surface area (Å²) in [6, 6.07) is 8.60. The minimum absolute atomic E-state index is 0.125. The number of aromatic nitrogens is 3. The molecule has 0 saturated carbocycles. The minimum atomic E-state index is -0.182. The monoisotopic (exact) mass is 402 g/mol. The van der Waals surface area contributed by atoms with Gasteiger partial charge in [0.25, 0.3) is 0 Å². The lowest BCUT2D eigenvalue weighted by Gasteiger charge is -2.34. The number of benzene rings is 1. The number of carbonyl (C=O) groups excluding carboxylic acids is 1. The molecule has 1 saturated heterocycles. The number of carbonyl (C=O) groups is 1. The molecule has 1 aliphatic rings. The fraction of sp³-hybridized carbons (Fsp3) is 0.550. The zero-order valence-corrected chi connectivity index (χ0v) is 18.0. The smallest absolute Gasteiger partial charge is 0.233 e. The first-order chi connectivity index (χ1) is 13.2. The molecular weight excluding hydrogens is 372 g/mol. The molecule has 1 aliphatic heterocycles. The number of amides is 1. The van der Waals surface area contributed by atoms with Crippen molar-refractivity contribution in [1.29, 1.82) is 0 Å². The van der Waals surface area contributed by atoms with Gasteiger partial charge in [0, 0.05) is 38.1 Å². The Bertz CT molecular complexity index is 820. The van der Waals surface area contributed by atoms with E-state index < -0.39 is 0 Å². The SMILES string of the molecule is Cc1cccc(CN2CCN(C(=O)CSc3nnc(C(C)(C)C)n3N)CC2)c1. The second-order valence-corrected chi connectivity index (χ2v) is 9.30. The predicted molar refractivity (Wildman–Crippen MR) is 113 cm³/mol. The molecule has 2 heterocycles. The first kappa shape index (κ1) is 20.7. The van der Waals surface area contributed by atoms with Gasteiger partial charge in [-0.05, 0) is 12.5 Å². The molecule has 1 aromatic carbocycles. The lowest BCUT2D eigenvalue weighted by atomic mass is 9.96. The van der Waals surface area contributed by atoms with Gasteiger partial charge in [-0.1, -0.05) is 62.4 Å². The largest absolute Gasteiger partial charge is 0.339 e. The summed E-state index contributed by atoms with van der Waals surface area (Å²) in [6.07, 6.45) is 0. The second-order valence-electron chi connectivity index (χ2n) is 8.36. The summed E-state index contributed by atoms with van der Waals surface area (Å²) >= 11 is 1.35. The van der Waals surface area contributed by atoms with E-state index in [9.17, 15) is 4.79 Å². The summed E-state index contributed by atoms with van der Waals surface area (Å²) in [4.78, 5) is 16.9. The maximum Gasteiger partial charge on any atom is 0.233 e. The zero-order valence-electron chi connectivity index (χ0n) is 17.2. The quantitative estimate of drug-likeness (QED) is 0.609. The summed E-state index contributed by atoms with van der Waals surface area (Å²) < 4.78 is 1.50. The molecule has 0 aliphatic carbocycles. The van der Waals surface area contributed by atoms with Gasteiger partial charge in [0.1, 0.15) is 0 Å². The van der Waals surface area contributed by atoms with E-state index in [0.717, 1.165) is 32.7 Å². The van der Waals surface area contributed by atoms with Crippen molar-refractivity contribution in [3.05, 3.63) is 41.2 Å². The Labute approximate surface area is 171 Å². The Kier molecular flexibility index (Phi) is 6.30. The summed E-state index contributed by atoms with van der Waals surface area (Å²) in [5.74, 6) is 7.27. The van der Waals surface area contributed by atoms with Gasteiger partial charge in [-0.25, -0.2) is 4.68 Å². The highest BCUT2D eigenvalue weighted by Gasteiger charge is 2.25. The van der Waals surface area contributed by atoms with Crippen LogP contribution in [-0.4, -0.2) is 62.5 Å². The maximum atomic E-state index is 12.6. The minimum Gasteiger partial charge on any atom is -0.339 e. The van der Waals surface area contributed by atoms with E-state index in [1.54, 1.807) is 0 Å². The molecule has 0 bridgehead atoms. The van der Waals surface area contributed by atoms with Crippen LogP contribution in [0, 0.1) is 6.92 Å². The average molecular weight is 403 g/mol. The van der Waals surface area contributed by atoms with Gasteiger partial charge in [-0.15, -0.1) is 10.2 Å². The molecule has 0 atom stereocenters. The first-order valence-corrected chi connectivity index (χ1v) is 10.6. The zero-order chi connectivity index (χ0) is 20.3. The van der Waals surface area contributed by atoms with Crippen LogP contribution >= 0.6 is 11.8 Å². The van der Waals surface area contributed by atoms with E-state index in [-0.39, 0.29) is 11.3 Å². The van der Waals surface area contributed by atoms with Crippen molar-refractivity contribution in [2.24, 2.45) is 0 Å². The van der Waals surface area contributed by atoms with Crippen molar-refractivity contribution in [3.63, 3.8) is 0 Å². The van der Waals surface area contributed by atoms with Gasteiger partial charge < -0.3 is 10.7 Å². The summed E-state index contributed by atoms with van der Waals surface area (Å²) in [6.45, 7) is 12.5. The van der Waals surface area contributed by atoms with Crippen molar-refractivity contribution in [2.75, 3.05) is 37.8 Å². The molecule has 28 heavy (non-hydrogen) atoms. The van der Waals surface area contributed by atoms with Crippen molar-refractivity contribution in [2.45, 2.75) is 44.8 Å². The number of nitrogen functional groups attached to an aromatic ring is 1. The number of piperazine rings is 1. The lowest BCUT2D eigenvalue weighted by molar-refractivity contribution is -0.130. The van der Waals surface area contributed by atoms with Crippen molar-refractivity contribution < 1.29 is 4.79 Å². The second kappa shape index (κ2) is 8.53. The molecule has 3 rings (SSSR count). The van der Waals surface area contributed by atoms with Crippen LogP contribution < -0.4 is 5.84 Å².